The van der Waals surface area contributed by atoms with Crippen LogP contribution in [-0.4, -0.2) is 26.3 Å². The highest BCUT2D eigenvalue weighted by atomic mass is 32.2. The molecule has 6 heteroatoms. The van der Waals surface area contributed by atoms with Crippen LogP contribution in [0.3, 0.4) is 0 Å². The summed E-state index contributed by atoms with van der Waals surface area (Å²) >= 11 is 1.39. The smallest absolute Gasteiger partial charge is 0.192 e. The quantitative estimate of drug-likeness (QED) is 0.772. The summed E-state index contributed by atoms with van der Waals surface area (Å²) in [6.07, 6.45) is 2.08. The van der Waals surface area contributed by atoms with E-state index in [0.717, 1.165) is 12.8 Å². The van der Waals surface area contributed by atoms with E-state index < -0.39 is 0 Å². The first-order valence-electron chi connectivity index (χ1n) is 7.74. The standard InChI is InChI=1S/C17H20FN3OS/c1-17(2,3)14(22)10-23-16-20-19-15(21(16)11-8-9-11)12-6-4-5-7-13(12)18/h4-7,11H,8-10H2,1-3H3. The topological polar surface area (TPSA) is 47.8 Å². The van der Waals surface area contributed by atoms with Crippen molar-refractivity contribution in [1.29, 1.82) is 0 Å². The number of thioether (sulfide) groups is 1. The van der Waals surface area contributed by atoms with E-state index >= 15 is 0 Å². The average Bonchev–Trinajstić information content (AvgIpc) is 3.24. The van der Waals surface area contributed by atoms with Crippen molar-refractivity contribution in [1.82, 2.24) is 14.8 Å². The Labute approximate surface area is 139 Å². The first kappa shape index (κ1) is 16.2. The highest BCUT2D eigenvalue weighted by Crippen LogP contribution is 2.41. The minimum absolute atomic E-state index is 0.167. The van der Waals surface area contributed by atoms with Crippen LogP contribution in [0.15, 0.2) is 29.4 Å². The van der Waals surface area contributed by atoms with Crippen molar-refractivity contribution in [3.8, 4) is 11.4 Å². The Morgan fingerprint density at radius 1 is 1.30 bits per heavy atom. The fourth-order valence-electron chi connectivity index (χ4n) is 2.21. The molecule has 0 spiro atoms. The molecule has 0 radical (unpaired) electrons. The van der Waals surface area contributed by atoms with Gasteiger partial charge in [-0.1, -0.05) is 44.7 Å². The van der Waals surface area contributed by atoms with Crippen LogP contribution in [0, 0.1) is 11.2 Å². The summed E-state index contributed by atoms with van der Waals surface area (Å²) in [5.74, 6) is 0.770. The number of rotatable bonds is 5. The summed E-state index contributed by atoms with van der Waals surface area (Å²) in [4.78, 5) is 12.1. The van der Waals surface area contributed by atoms with Gasteiger partial charge in [0, 0.05) is 11.5 Å². The number of carbonyl (C=O) groups is 1. The summed E-state index contributed by atoms with van der Waals surface area (Å²) in [7, 11) is 0. The van der Waals surface area contributed by atoms with E-state index in [1.54, 1.807) is 18.2 Å². The molecule has 1 aliphatic rings. The molecule has 0 N–H and O–H groups in total. The molecule has 4 nitrogen and oxygen atoms in total. The molecule has 2 aromatic rings. The van der Waals surface area contributed by atoms with Crippen molar-refractivity contribution in [2.45, 2.75) is 44.8 Å². The van der Waals surface area contributed by atoms with E-state index in [9.17, 15) is 9.18 Å². The number of benzene rings is 1. The molecular weight excluding hydrogens is 313 g/mol. The molecule has 1 aromatic heterocycles. The van der Waals surface area contributed by atoms with Gasteiger partial charge in [-0.15, -0.1) is 10.2 Å². The summed E-state index contributed by atoms with van der Waals surface area (Å²) in [5.41, 5.74) is 0.0899. The molecule has 0 atom stereocenters. The Kier molecular flexibility index (Phi) is 4.27. The molecule has 0 bridgehead atoms. The third kappa shape index (κ3) is 3.47. The number of Topliss-reactive ketones (excluding diaryl/α,β-unsaturated/α-hetero) is 1. The second-order valence-electron chi connectivity index (χ2n) is 6.85. The maximum absolute atomic E-state index is 14.1. The first-order valence-corrected chi connectivity index (χ1v) is 8.72. The molecule has 3 rings (SSSR count). The van der Waals surface area contributed by atoms with Crippen molar-refractivity contribution < 1.29 is 9.18 Å². The SMILES string of the molecule is CC(C)(C)C(=O)CSc1nnc(-c2ccccc2F)n1C1CC1. The van der Waals surface area contributed by atoms with Crippen molar-refractivity contribution in [2.75, 3.05) is 5.75 Å². The van der Waals surface area contributed by atoms with Gasteiger partial charge in [0.25, 0.3) is 0 Å². The number of ketones is 1. The van der Waals surface area contributed by atoms with Crippen LogP contribution >= 0.6 is 11.8 Å². The summed E-state index contributed by atoms with van der Waals surface area (Å²) in [6, 6.07) is 6.91. The van der Waals surface area contributed by atoms with Gasteiger partial charge in [-0.25, -0.2) is 4.39 Å². The molecule has 1 fully saturated rings. The van der Waals surface area contributed by atoms with Crippen molar-refractivity contribution >= 4 is 17.5 Å². The lowest BCUT2D eigenvalue weighted by atomic mass is 9.92. The zero-order chi connectivity index (χ0) is 16.6. The zero-order valence-electron chi connectivity index (χ0n) is 13.5. The number of carbonyl (C=O) groups excluding carboxylic acids is 1. The number of hydrogen-bond acceptors (Lipinski definition) is 4. The third-order valence-electron chi connectivity index (χ3n) is 3.86. The summed E-state index contributed by atoms with van der Waals surface area (Å²) in [5, 5.41) is 9.09. The molecule has 23 heavy (non-hydrogen) atoms. The van der Waals surface area contributed by atoms with Gasteiger partial charge in [0.05, 0.1) is 11.3 Å². The van der Waals surface area contributed by atoms with Crippen molar-refractivity contribution in [2.24, 2.45) is 5.41 Å². The molecule has 0 unspecified atom stereocenters. The van der Waals surface area contributed by atoms with Gasteiger partial charge in [0.2, 0.25) is 0 Å². The van der Waals surface area contributed by atoms with Crippen LogP contribution in [0.2, 0.25) is 0 Å². The maximum atomic E-state index is 14.1. The van der Waals surface area contributed by atoms with Gasteiger partial charge in [-0.2, -0.15) is 0 Å². The zero-order valence-corrected chi connectivity index (χ0v) is 14.4. The normalized spacial score (nSPS) is 15.0. The van der Waals surface area contributed by atoms with Gasteiger partial charge < -0.3 is 0 Å². The lowest BCUT2D eigenvalue weighted by Crippen LogP contribution is -2.22. The second kappa shape index (κ2) is 6.07. The summed E-state index contributed by atoms with van der Waals surface area (Å²) in [6.45, 7) is 5.73. The number of nitrogens with zero attached hydrogens (tertiary/aromatic N) is 3. The Morgan fingerprint density at radius 2 is 2.00 bits per heavy atom. The van der Waals surface area contributed by atoms with E-state index in [4.69, 9.17) is 0 Å². The second-order valence-corrected chi connectivity index (χ2v) is 7.79. The van der Waals surface area contributed by atoms with Crippen LogP contribution in [0.1, 0.15) is 39.7 Å². The third-order valence-corrected chi connectivity index (χ3v) is 4.80. The van der Waals surface area contributed by atoms with E-state index in [1.807, 2.05) is 25.3 Å². The van der Waals surface area contributed by atoms with Gasteiger partial charge in [-0.05, 0) is 25.0 Å². The predicted molar refractivity (Wildman–Crippen MR) is 88.9 cm³/mol. The van der Waals surface area contributed by atoms with Gasteiger partial charge in [-0.3, -0.25) is 9.36 Å². The molecule has 0 aliphatic heterocycles. The number of halogens is 1. The number of hydrogen-bond donors (Lipinski definition) is 0. The monoisotopic (exact) mass is 333 g/mol. The van der Waals surface area contributed by atoms with E-state index in [2.05, 4.69) is 10.2 Å². The minimum atomic E-state index is -0.369. The average molecular weight is 333 g/mol. The molecule has 1 aliphatic carbocycles. The lowest BCUT2D eigenvalue weighted by molar-refractivity contribution is -0.123. The fourth-order valence-corrected chi connectivity index (χ4v) is 3.38. The Balaban J connectivity index is 1.88. The molecular formula is C17H20FN3OS. The van der Waals surface area contributed by atoms with Crippen LogP contribution < -0.4 is 0 Å². The first-order chi connectivity index (χ1) is 10.9. The Morgan fingerprint density at radius 3 is 2.61 bits per heavy atom. The van der Waals surface area contributed by atoms with Gasteiger partial charge in [0.15, 0.2) is 11.0 Å². The molecule has 0 amide bonds. The Bertz CT molecular complexity index is 732. The van der Waals surface area contributed by atoms with E-state index in [-0.39, 0.29) is 17.0 Å². The van der Waals surface area contributed by atoms with Crippen LogP contribution in [0.4, 0.5) is 4.39 Å². The lowest BCUT2D eigenvalue weighted by Gasteiger charge is -2.16. The molecule has 1 heterocycles. The van der Waals surface area contributed by atoms with Crippen LogP contribution in [0.25, 0.3) is 11.4 Å². The van der Waals surface area contributed by atoms with Crippen LogP contribution in [-0.2, 0) is 4.79 Å². The number of aromatic nitrogens is 3. The van der Waals surface area contributed by atoms with E-state index in [0.29, 0.717) is 28.3 Å². The van der Waals surface area contributed by atoms with Gasteiger partial charge in [0.1, 0.15) is 11.6 Å². The maximum Gasteiger partial charge on any atom is 0.192 e. The minimum Gasteiger partial charge on any atom is -0.299 e. The molecule has 0 saturated heterocycles. The van der Waals surface area contributed by atoms with Gasteiger partial charge >= 0.3 is 0 Å². The Hall–Kier alpha value is -1.69. The largest absolute Gasteiger partial charge is 0.299 e. The van der Waals surface area contributed by atoms with Crippen molar-refractivity contribution in [3.63, 3.8) is 0 Å². The predicted octanol–water partition coefficient (Wildman–Crippen LogP) is 4.13. The molecule has 1 aromatic carbocycles. The highest BCUT2D eigenvalue weighted by molar-refractivity contribution is 7.99. The highest BCUT2D eigenvalue weighted by Gasteiger charge is 2.31. The summed E-state index contributed by atoms with van der Waals surface area (Å²) < 4.78 is 16.1. The molecule has 1 saturated carbocycles. The fraction of sp³-hybridized carbons (Fsp3) is 0.471. The van der Waals surface area contributed by atoms with Crippen molar-refractivity contribution in [3.05, 3.63) is 30.1 Å². The molecule has 122 valence electrons. The van der Waals surface area contributed by atoms with Crippen LogP contribution in [0.5, 0.6) is 0 Å². The van der Waals surface area contributed by atoms with E-state index in [1.165, 1.54) is 17.8 Å².